The second kappa shape index (κ2) is 8.88. The number of nitrogens with one attached hydrogen (secondary N) is 1. The minimum Gasteiger partial charge on any atom is -0.449 e. The largest absolute Gasteiger partial charge is 0.449 e. The molecule has 0 aromatic rings. The summed E-state index contributed by atoms with van der Waals surface area (Å²) in [7, 11) is 0. The summed E-state index contributed by atoms with van der Waals surface area (Å²) in [6, 6.07) is 0.399. The highest BCUT2D eigenvalue weighted by atomic mass is 16.6. The normalized spacial score (nSPS) is 22.9. The van der Waals surface area contributed by atoms with Crippen molar-refractivity contribution in [2.45, 2.75) is 76.9 Å². The zero-order valence-corrected chi connectivity index (χ0v) is 14.9. The molecule has 0 radical (unpaired) electrons. The molecule has 0 unspecified atom stereocenters. The Morgan fingerprint density at radius 1 is 1.22 bits per heavy atom. The number of aliphatic hydroxyl groups is 1. The van der Waals surface area contributed by atoms with E-state index in [9.17, 15) is 9.90 Å². The molecule has 1 heterocycles. The average Bonchev–Trinajstić information content (AvgIpc) is 2.76. The van der Waals surface area contributed by atoms with E-state index in [1.807, 2.05) is 13.8 Å². The molecule has 1 aliphatic heterocycles. The smallest absolute Gasteiger partial charge is 0.409 e. The van der Waals surface area contributed by atoms with Crippen LogP contribution in [-0.4, -0.2) is 54.0 Å². The molecule has 5 nitrogen and oxygen atoms in total. The van der Waals surface area contributed by atoms with Gasteiger partial charge < -0.3 is 20.1 Å². The van der Waals surface area contributed by atoms with Crippen LogP contribution in [0.4, 0.5) is 4.79 Å². The molecule has 1 saturated carbocycles. The predicted molar refractivity (Wildman–Crippen MR) is 91.4 cm³/mol. The van der Waals surface area contributed by atoms with Crippen LogP contribution in [0.25, 0.3) is 0 Å². The number of hydrogen-bond donors (Lipinski definition) is 2. The number of ether oxygens (including phenoxy) is 1. The van der Waals surface area contributed by atoms with Gasteiger partial charge in [0.25, 0.3) is 0 Å². The summed E-state index contributed by atoms with van der Waals surface area (Å²) in [5, 5.41) is 14.2. The molecular weight excluding hydrogens is 292 g/mol. The van der Waals surface area contributed by atoms with Crippen molar-refractivity contribution in [1.82, 2.24) is 10.2 Å². The maximum atomic E-state index is 11.9. The lowest BCUT2D eigenvalue weighted by molar-refractivity contribution is 0.0197. The van der Waals surface area contributed by atoms with Crippen molar-refractivity contribution in [1.29, 1.82) is 0 Å². The SMILES string of the molecule is CC(C)COC(=O)N1CCC(NCC2(O)CCCCCC2)CC1. The van der Waals surface area contributed by atoms with E-state index in [0.717, 1.165) is 51.6 Å². The van der Waals surface area contributed by atoms with Crippen molar-refractivity contribution in [2.75, 3.05) is 26.2 Å². The molecule has 0 bridgehead atoms. The number of nitrogens with zero attached hydrogens (tertiary/aromatic N) is 1. The molecule has 1 saturated heterocycles. The molecular formula is C18H34N2O3. The first kappa shape index (κ1) is 18.5. The van der Waals surface area contributed by atoms with Gasteiger partial charge in [0.1, 0.15) is 0 Å². The van der Waals surface area contributed by atoms with Crippen LogP contribution in [0.1, 0.15) is 65.2 Å². The minimum atomic E-state index is -0.524. The number of rotatable bonds is 5. The van der Waals surface area contributed by atoms with Crippen LogP contribution in [-0.2, 0) is 4.74 Å². The third-order valence-corrected chi connectivity index (χ3v) is 5.05. The van der Waals surface area contributed by atoms with Gasteiger partial charge in [-0.3, -0.25) is 0 Å². The molecule has 2 fully saturated rings. The van der Waals surface area contributed by atoms with Crippen LogP contribution >= 0.6 is 0 Å². The van der Waals surface area contributed by atoms with E-state index in [1.165, 1.54) is 12.8 Å². The average molecular weight is 326 g/mol. The molecule has 0 aromatic carbocycles. The first-order valence-corrected chi connectivity index (χ1v) is 9.36. The second-order valence-electron chi connectivity index (χ2n) is 7.75. The van der Waals surface area contributed by atoms with Crippen molar-refractivity contribution in [3.63, 3.8) is 0 Å². The van der Waals surface area contributed by atoms with E-state index < -0.39 is 5.60 Å². The maximum Gasteiger partial charge on any atom is 0.409 e. The molecule has 2 rings (SSSR count). The standard InChI is InChI=1S/C18H34N2O3/c1-15(2)13-23-17(21)20-11-7-16(8-12-20)19-14-18(22)9-5-3-4-6-10-18/h15-16,19,22H,3-14H2,1-2H3. The van der Waals surface area contributed by atoms with Gasteiger partial charge in [0.15, 0.2) is 0 Å². The van der Waals surface area contributed by atoms with Gasteiger partial charge in [0.2, 0.25) is 0 Å². The molecule has 2 aliphatic rings. The molecule has 1 amide bonds. The van der Waals surface area contributed by atoms with Crippen LogP contribution in [0.3, 0.4) is 0 Å². The Hall–Kier alpha value is -0.810. The highest BCUT2D eigenvalue weighted by Crippen LogP contribution is 2.26. The Bertz CT molecular complexity index is 357. The van der Waals surface area contributed by atoms with Crippen molar-refractivity contribution < 1.29 is 14.6 Å². The topological polar surface area (TPSA) is 61.8 Å². The van der Waals surface area contributed by atoms with Gasteiger partial charge >= 0.3 is 6.09 Å². The molecule has 0 aromatic heterocycles. The highest BCUT2D eigenvalue weighted by molar-refractivity contribution is 5.67. The summed E-state index contributed by atoms with van der Waals surface area (Å²) in [6.45, 7) is 6.75. The highest BCUT2D eigenvalue weighted by Gasteiger charge is 2.30. The molecule has 5 heteroatoms. The van der Waals surface area contributed by atoms with Gasteiger partial charge in [0, 0.05) is 25.7 Å². The Morgan fingerprint density at radius 3 is 2.39 bits per heavy atom. The fourth-order valence-corrected chi connectivity index (χ4v) is 3.49. The minimum absolute atomic E-state index is 0.181. The molecule has 1 aliphatic carbocycles. The van der Waals surface area contributed by atoms with Crippen LogP contribution in [0.15, 0.2) is 0 Å². The number of piperidine rings is 1. The summed E-state index contributed by atoms with van der Waals surface area (Å²) in [4.78, 5) is 13.8. The first-order valence-electron chi connectivity index (χ1n) is 9.36. The lowest BCUT2D eigenvalue weighted by Crippen LogP contribution is -2.49. The Balaban J connectivity index is 1.67. The van der Waals surface area contributed by atoms with Crippen molar-refractivity contribution in [2.24, 2.45) is 5.92 Å². The monoisotopic (exact) mass is 326 g/mol. The molecule has 2 N–H and O–H groups in total. The fourth-order valence-electron chi connectivity index (χ4n) is 3.49. The van der Waals surface area contributed by atoms with Gasteiger partial charge in [-0.25, -0.2) is 4.79 Å². The zero-order chi connectivity index (χ0) is 16.7. The summed E-state index contributed by atoms with van der Waals surface area (Å²) < 4.78 is 5.29. The van der Waals surface area contributed by atoms with Gasteiger partial charge in [-0.1, -0.05) is 39.5 Å². The number of amides is 1. The summed E-state index contributed by atoms with van der Waals surface area (Å²) >= 11 is 0. The number of hydrogen-bond acceptors (Lipinski definition) is 4. The maximum absolute atomic E-state index is 11.9. The Kier molecular flexibility index (Phi) is 7.15. The zero-order valence-electron chi connectivity index (χ0n) is 14.9. The molecule has 0 spiro atoms. The molecule has 0 atom stereocenters. The molecule has 23 heavy (non-hydrogen) atoms. The van der Waals surface area contributed by atoms with Gasteiger partial charge in [-0.2, -0.15) is 0 Å². The lowest BCUT2D eigenvalue weighted by atomic mass is 9.93. The summed E-state index contributed by atoms with van der Waals surface area (Å²) in [5.74, 6) is 0.374. The summed E-state index contributed by atoms with van der Waals surface area (Å²) in [6.07, 6.45) is 8.30. The van der Waals surface area contributed by atoms with Gasteiger partial charge in [0.05, 0.1) is 12.2 Å². The third kappa shape index (κ3) is 6.30. The number of carbonyl (C=O) groups is 1. The number of carbonyl (C=O) groups excluding carboxylic acids is 1. The summed E-state index contributed by atoms with van der Waals surface area (Å²) in [5.41, 5.74) is -0.524. The van der Waals surface area contributed by atoms with E-state index in [1.54, 1.807) is 4.90 Å². The van der Waals surface area contributed by atoms with E-state index in [2.05, 4.69) is 5.32 Å². The second-order valence-corrected chi connectivity index (χ2v) is 7.75. The van der Waals surface area contributed by atoms with E-state index in [-0.39, 0.29) is 6.09 Å². The third-order valence-electron chi connectivity index (χ3n) is 5.05. The van der Waals surface area contributed by atoms with Crippen molar-refractivity contribution >= 4 is 6.09 Å². The molecule has 134 valence electrons. The fraction of sp³-hybridized carbons (Fsp3) is 0.944. The predicted octanol–water partition coefficient (Wildman–Crippen LogP) is 2.92. The van der Waals surface area contributed by atoms with E-state index >= 15 is 0 Å². The van der Waals surface area contributed by atoms with Gasteiger partial charge in [-0.05, 0) is 31.6 Å². The van der Waals surface area contributed by atoms with Gasteiger partial charge in [-0.15, -0.1) is 0 Å². The van der Waals surface area contributed by atoms with Crippen molar-refractivity contribution in [3.8, 4) is 0 Å². The van der Waals surface area contributed by atoms with Crippen molar-refractivity contribution in [3.05, 3.63) is 0 Å². The van der Waals surface area contributed by atoms with Crippen LogP contribution in [0.5, 0.6) is 0 Å². The van der Waals surface area contributed by atoms with E-state index in [0.29, 0.717) is 25.1 Å². The first-order chi connectivity index (χ1) is 11.0. The lowest BCUT2D eigenvalue weighted by Gasteiger charge is -2.34. The van der Waals surface area contributed by atoms with E-state index in [4.69, 9.17) is 4.74 Å². The quantitative estimate of drug-likeness (QED) is 0.763. The van der Waals surface area contributed by atoms with Crippen LogP contribution in [0, 0.1) is 5.92 Å². The Morgan fingerprint density at radius 2 is 1.83 bits per heavy atom. The number of likely N-dealkylation sites (tertiary alicyclic amines) is 1. The Labute approximate surface area is 140 Å². The van der Waals surface area contributed by atoms with Crippen LogP contribution < -0.4 is 5.32 Å². The van der Waals surface area contributed by atoms with Crippen LogP contribution in [0.2, 0.25) is 0 Å².